The molecule has 1 unspecified atom stereocenters. The van der Waals surface area contributed by atoms with Crippen LogP contribution in [0.25, 0.3) is 10.8 Å². The molecule has 3 rings (SSSR count). The first-order chi connectivity index (χ1) is 11.6. The molecule has 3 N–H and O–H groups in total. The van der Waals surface area contributed by atoms with E-state index in [2.05, 4.69) is 15.4 Å². The second-order valence-corrected chi connectivity index (χ2v) is 5.97. The van der Waals surface area contributed by atoms with Crippen molar-refractivity contribution in [3.8, 4) is 11.6 Å². The number of urea groups is 1. The molecular weight excluding hydrogens is 343 g/mol. The Bertz CT molecular complexity index is 862. The Labute approximate surface area is 139 Å². The number of imide groups is 1. The predicted octanol–water partition coefficient (Wildman–Crippen LogP) is 1.89. The fourth-order valence-corrected chi connectivity index (χ4v) is 2.64. The number of rotatable bonds is 4. The molecule has 10 heteroatoms. The largest absolute Gasteiger partial charge is 0.494 e. The average molecular weight is 357 g/mol. The molecule has 1 fully saturated rings. The van der Waals surface area contributed by atoms with Crippen molar-refractivity contribution in [1.82, 2.24) is 15.2 Å². The topological polar surface area (TPSA) is 92.6 Å². The highest BCUT2D eigenvalue weighted by Crippen LogP contribution is 2.32. The van der Waals surface area contributed by atoms with Crippen molar-refractivity contribution < 1.29 is 32.6 Å². The number of carbonyl (C=O) groups excluding carboxylic acids is 2. The summed E-state index contributed by atoms with van der Waals surface area (Å²) in [6.07, 6.45) is -2.99. The van der Waals surface area contributed by atoms with E-state index in [-0.39, 0.29) is 18.2 Å². The second kappa shape index (κ2) is 5.57. The number of hydrogen-bond donors (Lipinski definition) is 3. The van der Waals surface area contributed by atoms with Crippen LogP contribution in [-0.4, -0.2) is 39.9 Å². The lowest BCUT2D eigenvalue weighted by atomic mass is 10.0. The van der Waals surface area contributed by atoms with Crippen molar-refractivity contribution in [2.45, 2.75) is 25.2 Å². The summed E-state index contributed by atoms with van der Waals surface area (Å²) < 4.78 is 42.7. The molecule has 2 heterocycles. The van der Waals surface area contributed by atoms with Crippen LogP contribution in [0.2, 0.25) is 0 Å². The van der Waals surface area contributed by atoms with Crippen LogP contribution in [0.15, 0.2) is 24.4 Å². The molecule has 0 spiro atoms. The Morgan fingerprint density at radius 2 is 2.04 bits per heavy atom. The van der Waals surface area contributed by atoms with Crippen molar-refractivity contribution in [3.63, 3.8) is 0 Å². The van der Waals surface area contributed by atoms with Crippen molar-refractivity contribution in [3.05, 3.63) is 24.4 Å². The summed E-state index contributed by atoms with van der Waals surface area (Å²) in [5, 5.41) is 15.7. The van der Waals surface area contributed by atoms with Crippen molar-refractivity contribution in [2.24, 2.45) is 0 Å². The minimum atomic E-state index is -4.45. The van der Waals surface area contributed by atoms with Gasteiger partial charge in [0.15, 0.2) is 12.5 Å². The zero-order chi connectivity index (χ0) is 18.4. The van der Waals surface area contributed by atoms with E-state index in [4.69, 9.17) is 0 Å². The highest BCUT2D eigenvalue weighted by atomic mass is 19.4. The number of ether oxygens (including phenoxy) is 1. The molecule has 1 aliphatic rings. The molecule has 0 bridgehead atoms. The molecule has 0 aliphatic carbocycles. The van der Waals surface area contributed by atoms with E-state index in [1.807, 2.05) is 0 Å². The van der Waals surface area contributed by atoms with Gasteiger partial charge >= 0.3 is 12.2 Å². The number of nitrogens with one attached hydrogen (secondary N) is 2. The SMILES string of the molecule is CC1(Cn2cc3cc(OCC(F)(F)F)ccc3c2O)NC(=O)NC1=O. The van der Waals surface area contributed by atoms with Crippen LogP contribution in [0.5, 0.6) is 11.6 Å². The summed E-state index contributed by atoms with van der Waals surface area (Å²) in [6, 6.07) is 3.45. The molecule has 1 aromatic carbocycles. The molecule has 7 nitrogen and oxygen atoms in total. The Morgan fingerprint density at radius 1 is 1.32 bits per heavy atom. The maximum absolute atomic E-state index is 12.2. The van der Waals surface area contributed by atoms with Crippen LogP contribution >= 0.6 is 0 Å². The highest BCUT2D eigenvalue weighted by molar-refractivity contribution is 6.06. The third-order valence-electron chi connectivity index (χ3n) is 3.84. The lowest BCUT2D eigenvalue weighted by molar-refractivity contribution is -0.153. The number of carbonyl (C=O) groups is 2. The number of fused-ring (bicyclic) bond motifs is 1. The molecule has 1 aliphatic heterocycles. The molecule has 2 aromatic rings. The molecule has 0 saturated carbocycles. The Balaban J connectivity index is 1.86. The Morgan fingerprint density at radius 3 is 2.64 bits per heavy atom. The maximum Gasteiger partial charge on any atom is 0.422 e. The van der Waals surface area contributed by atoms with E-state index in [9.17, 15) is 27.9 Å². The van der Waals surface area contributed by atoms with Gasteiger partial charge in [0.1, 0.15) is 11.3 Å². The van der Waals surface area contributed by atoms with Crippen molar-refractivity contribution >= 4 is 22.7 Å². The zero-order valence-electron chi connectivity index (χ0n) is 13.0. The smallest absolute Gasteiger partial charge is 0.422 e. The van der Waals surface area contributed by atoms with Gasteiger partial charge in [-0.25, -0.2) is 4.79 Å². The van der Waals surface area contributed by atoms with E-state index in [0.29, 0.717) is 10.8 Å². The normalized spacial score (nSPS) is 20.6. The van der Waals surface area contributed by atoms with Gasteiger partial charge in [-0.05, 0) is 25.1 Å². The van der Waals surface area contributed by atoms with Crippen LogP contribution in [-0.2, 0) is 11.3 Å². The van der Waals surface area contributed by atoms with E-state index in [1.54, 1.807) is 0 Å². The number of nitrogens with zero attached hydrogens (tertiary/aromatic N) is 1. The number of hydrogen-bond acceptors (Lipinski definition) is 4. The van der Waals surface area contributed by atoms with Crippen LogP contribution in [0, 0.1) is 0 Å². The molecule has 1 aromatic heterocycles. The summed E-state index contributed by atoms with van der Waals surface area (Å²) in [7, 11) is 0. The monoisotopic (exact) mass is 357 g/mol. The average Bonchev–Trinajstić information content (AvgIpc) is 2.93. The molecule has 25 heavy (non-hydrogen) atoms. The van der Waals surface area contributed by atoms with Crippen LogP contribution < -0.4 is 15.4 Å². The van der Waals surface area contributed by atoms with Gasteiger partial charge in [0.2, 0.25) is 0 Å². The molecule has 3 amide bonds. The standard InChI is InChI=1S/C15H14F3N3O4/c1-14(12(23)19-13(24)20-14)6-21-5-8-4-9(25-7-15(16,17)18)2-3-10(8)11(21)22/h2-5,22H,6-7H2,1H3,(H2,19,20,23,24). The van der Waals surface area contributed by atoms with Gasteiger partial charge in [-0.3, -0.25) is 10.1 Å². The number of halogens is 3. The Kier molecular flexibility index (Phi) is 3.77. The number of benzene rings is 1. The van der Waals surface area contributed by atoms with Crippen LogP contribution in [0.4, 0.5) is 18.0 Å². The summed E-state index contributed by atoms with van der Waals surface area (Å²) in [5.41, 5.74) is -1.25. The lowest BCUT2D eigenvalue weighted by Gasteiger charge is -2.21. The van der Waals surface area contributed by atoms with Crippen LogP contribution in [0.3, 0.4) is 0 Å². The van der Waals surface area contributed by atoms with Gasteiger partial charge in [0.05, 0.1) is 6.54 Å². The first-order valence-electron chi connectivity index (χ1n) is 7.22. The number of alkyl halides is 3. The van der Waals surface area contributed by atoms with Crippen molar-refractivity contribution in [1.29, 1.82) is 0 Å². The van der Waals surface area contributed by atoms with Crippen molar-refractivity contribution in [2.75, 3.05) is 6.61 Å². The maximum atomic E-state index is 12.2. The fraction of sp³-hybridized carbons (Fsp3) is 0.333. The van der Waals surface area contributed by atoms with E-state index in [0.717, 1.165) is 0 Å². The predicted molar refractivity (Wildman–Crippen MR) is 80.2 cm³/mol. The minimum Gasteiger partial charge on any atom is -0.494 e. The first-order valence-corrected chi connectivity index (χ1v) is 7.22. The van der Waals surface area contributed by atoms with Gasteiger partial charge in [0, 0.05) is 17.0 Å². The molecular formula is C15H14F3N3O4. The van der Waals surface area contributed by atoms with Gasteiger partial charge < -0.3 is 19.7 Å². The third-order valence-corrected chi connectivity index (χ3v) is 3.84. The summed E-state index contributed by atoms with van der Waals surface area (Å²) in [5.74, 6) is -0.712. The number of aromatic hydroxyl groups is 1. The Hall–Kier alpha value is -2.91. The minimum absolute atomic E-state index is 0.0000916. The zero-order valence-corrected chi connectivity index (χ0v) is 13.0. The van der Waals surface area contributed by atoms with Gasteiger partial charge in [-0.15, -0.1) is 0 Å². The highest BCUT2D eigenvalue weighted by Gasteiger charge is 2.42. The fourth-order valence-electron chi connectivity index (χ4n) is 2.64. The van der Waals surface area contributed by atoms with E-state index >= 15 is 0 Å². The number of aromatic nitrogens is 1. The van der Waals surface area contributed by atoms with Gasteiger partial charge in [-0.2, -0.15) is 13.2 Å². The van der Waals surface area contributed by atoms with Gasteiger partial charge in [0.25, 0.3) is 5.91 Å². The second-order valence-electron chi connectivity index (χ2n) is 5.97. The first kappa shape index (κ1) is 16.9. The number of amides is 3. The summed E-state index contributed by atoms with van der Waals surface area (Å²) >= 11 is 0. The van der Waals surface area contributed by atoms with E-state index in [1.165, 1.54) is 35.9 Å². The molecule has 1 atom stereocenters. The molecule has 0 radical (unpaired) electrons. The van der Waals surface area contributed by atoms with Gasteiger partial charge in [-0.1, -0.05) is 0 Å². The van der Waals surface area contributed by atoms with Crippen LogP contribution in [0.1, 0.15) is 6.92 Å². The summed E-state index contributed by atoms with van der Waals surface area (Å²) in [6.45, 7) is 0.0223. The molecule has 1 saturated heterocycles. The molecule has 134 valence electrons. The lowest BCUT2D eigenvalue weighted by Crippen LogP contribution is -2.47. The summed E-state index contributed by atoms with van der Waals surface area (Å²) in [4.78, 5) is 23.1. The third kappa shape index (κ3) is 3.32. The van der Waals surface area contributed by atoms with E-state index < -0.39 is 30.3 Å². The quantitative estimate of drug-likeness (QED) is 0.729.